The number of amidine groups is 1. The molecule has 312 valence electrons. The minimum Gasteiger partial charge on any atom is -0.388 e. The summed E-state index contributed by atoms with van der Waals surface area (Å²) < 4.78 is 1.24. The van der Waals surface area contributed by atoms with E-state index in [1.807, 2.05) is 0 Å². The van der Waals surface area contributed by atoms with E-state index < -0.39 is 17.7 Å². The molecule has 0 heterocycles. The number of halogens is 2. The molecule has 0 aliphatic heterocycles. The smallest absolute Gasteiger partial charge is 0.273 e. The lowest BCUT2D eigenvalue weighted by atomic mass is 10.1. The van der Waals surface area contributed by atoms with Crippen molar-refractivity contribution < 1.29 is 19.2 Å². The number of benzene rings is 2. The van der Waals surface area contributed by atoms with Gasteiger partial charge in [-0.25, -0.2) is 0 Å². The fraction of sp³-hybridized carbons (Fsp3) is 0.432. The Labute approximate surface area is 359 Å². The number of hydrogen-bond donors (Lipinski definition) is 9. The first-order valence-corrected chi connectivity index (χ1v) is 21.8. The van der Waals surface area contributed by atoms with Gasteiger partial charge >= 0.3 is 0 Å². The molecule has 1 unspecified atom stereocenters. The van der Waals surface area contributed by atoms with Crippen molar-refractivity contribution in [2.45, 2.75) is 69.1 Å². The number of guanidine groups is 1. The SMILES string of the molecule is CC=N/C(=C\C(C)C(=O)Nc1cc(Br)cc(NC(=O)CCCCN=C(N)N)c1SCCN)C(=O)Nc1cc(Br)cc(NC(=O)CCCCN=C(C)N)c1SCCN. The van der Waals surface area contributed by atoms with E-state index in [2.05, 4.69) is 68.1 Å². The topological polar surface area (TPSA) is 284 Å². The minimum absolute atomic E-state index is 0.00405. The Morgan fingerprint density at radius 3 is 1.63 bits per heavy atom. The summed E-state index contributed by atoms with van der Waals surface area (Å²) in [5, 5.41) is 11.8. The van der Waals surface area contributed by atoms with Gasteiger partial charge in [-0.15, -0.1) is 23.5 Å². The molecule has 2 rings (SSSR count). The van der Waals surface area contributed by atoms with E-state index in [4.69, 9.17) is 28.7 Å². The summed E-state index contributed by atoms with van der Waals surface area (Å²) in [6.45, 7) is 6.71. The Hall–Kier alpha value is -3.95. The summed E-state index contributed by atoms with van der Waals surface area (Å²) in [5.41, 5.74) is 29.9. The number of nitrogens with one attached hydrogen (secondary N) is 4. The molecule has 0 aliphatic rings. The second-order valence-electron chi connectivity index (χ2n) is 12.4. The monoisotopic (exact) mass is 952 g/mol. The van der Waals surface area contributed by atoms with E-state index in [0.29, 0.717) is 111 Å². The average molecular weight is 955 g/mol. The molecule has 0 saturated heterocycles. The molecular formula is C37H54Br2N12O4S2. The lowest BCUT2D eigenvalue weighted by Crippen LogP contribution is -2.23. The van der Waals surface area contributed by atoms with Gasteiger partial charge in [0.15, 0.2) is 5.96 Å². The molecule has 0 aliphatic carbocycles. The number of rotatable bonds is 24. The van der Waals surface area contributed by atoms with Crippen molar-refractivity contribution in [2.24, 2.45) is 49.6 Å². The number of nitrogens with zero attached hydrogens (tertiary/aromatic N) is 3. The first kappa shape index (κ1) is 49.2. The Kier molecular flexibility index (Phi) is 23.2. The van der Waals surface area contributed by atoms with Gasteiger partial charge in [0.2, 0.25) is 17.7 Å². The van der Waals surface area contributed by atoms with Crippen LogP contribution in [-0.4, -0.2) is 79.3 Å². The van der Waals surface area contributed by atoms with Crippen LogP contribution in [0.1, 0.15) is 59.3 Å². The number of hydrogen-bond acceptors (Lipinski definition) is 11. The highest BCUT2D eigenvalue weighted by molar-refractivity contribution is 9.10. The molecule has 2 aromatic carbocycles. The number of nitrogens with two attached hydrogens (primary N) is 5. The normalized spacial score (nSPS) is 12.3. The van der Waals surface area contributed by atoms with E-state index in [0.717, 1.165) is 0 Å². The van der Waals surface area contributed by atoms with Crippen LogP contribution in [0.15, 0.2) is 69.8 Å². The van der Waals surface area contributed by atoms with Gasteiger partial charge in [0, 0.05) is 65.7 Å². The summed E-state index contributed by atoms with van der Waals surface area (Å²) in [6.07, 6.45) is 5.98. The molecule has 0 spiro atoms. The standard InChI is InChI=1S/C37H54Br2N12O4S2/c1-4-45-30(36(55)51-29-21-25(39)19-27(34(29)57-16-12-41)49-31(52)9-5-7-13-46-23(3)42)17-22(2)35(54)50-28-20-24(38)18-26(33(28)56-15-11-40)48-32(53)10-6-8-14-47-37(43)44/h4,17-22H,5-16,40-41H2,1-3H3,(H2,42,46)(H,48,53)(H,49,52)(H,50,54)(H,51,55)(H4,43,44,47)/b30-17-,45-4?. The molecule has 1 atom stereocenters. The highest BCUT2D eigenvalue weighted by atomic mass is 79.9. The summed E-state index contributed by atoms with van der Waals surface area (Å²) in [6, 6.07) is 6.97. The number of carbonyl (C=O) groups is 4. The second-order valence-corrected chi connectivity index (χ2v) is 16.5. The molecule has 20 heteroatoms. The van der Waals surface area contributed by atoms with Crippen molar-refractivity contribution in [3.63, 3.8) is 0 Å². The van der Waals surface area contributed by atoms with Gasteiger partial charge in [-0.05, 0) is 76.8 Å². The van der Waals surface area contributed by atoms with Crippen molar-refractivity contribution >= 4 is 120 Å². The zero-order chi connectivity index (χ0) is 42.3. The number of aliphatic imine (C=N–C) groups is 3. The predicted octanol–water partition coefficient (Wildman–Crippen LogP) is 5.37. The second kappa shape index (κ2) is 26.9. The van der Waals surface area contributed by atoms with Crippen LogP contribution in [0.3, 0.4) is 0 Å². The van der Waals surface area contributed by atoms with Gasteiger partial charge in [0.25, 0.3) is 5.91 Å². The van der Waals surface area contributed by atoms with Crippen LogP contribution < -0.4 is 49.9 Å². The van der Waals surface area contributed by atoms with Crippen molar-refractivity contribution in [2.75, 3.05) is 59.0 Å². The Balaban J connectivity index is 2.32. The molecule has 57 heavy (non-hydrogen) atoms. The van der Waals surface area contributed by atoms with Gasteiger partial charge < -0.3 is 49.9 Å². The predicted molar refractivity (Wildman–Crippen MR) is 244 cm³/mol. The van der Waals surface area contributed by atoms with Crippen molar-refractivity contribution in [3.8, 4) is 0 Å². The molecule has 0 saturated carbocycles. The van der Waals surface area contributed by atoms with Gasteiger partial charge in [-0.1, -0.05) is 31.9 Å². The zero-order valence-electron chi connectivity index (χ0n) is 32.5. The average Bonchev–Trinajstić information content (AvgIpc) is 3.13. The first-order chi connectivity index (χ1) is 27.2. The van der Waals surface area contributed by atoms with E-state index in [1.165, 1.54) is 35.8 Å². The lowest BCUT2D eigenvalue weighted by molar-refractivity contribution is -0.118. The van der Waals surface area contributed by atoms with Crippen molar-refractivity contribution in [1.82, 2.24) is 0 Å². The van der Waals surface area contributed by atoms with Gasteiger partial charge in [-0.3, -0.25) is 34.2 Å². The maximum absolute atomic E-state index is 13.8. The Morgan fingerprint density at radius 1 is 0.737 bits per heavy atom. The van der Waals surface area contributed by atoms with Crippen LogP contribution in [0.25, 0.3) is 0 Å². The van der Waals surface area contributed by atoms with Crippen LogP contribution in [0.5, 0.6) is 0 Å². The van der Waals surface area contributed by atoms with Crippen LogP contribution in [0.2, 0.25) is 0 Å². The minimum atomic E-state index is -0.827. The van der Waals surface area contributed by atoms with Crippen molar-refractivity contribution in [1.29, 1.82) is 0 Å². The van der Waals surface area contributed by atoms with E-state index >= 15 is 0 Å². The Morgan fingerprint density at radius 2 is 1.19 bits per heavy atom. The molecule has 0 bridgehead atoms. The first-order valence-electron chi connectivity index (χ1n) is 18.3. The highest BCUT2D eigenvalue weighted by Crippen LogP contribution is 2.39. The maximum Gasteiger partial charge on any atom is 0.273 e. The fourth-order valence-corrected chi connectivity index (χ4v) is 7.56. The van der Waals surface area contributed by atoms with E-state index in [1.54, 1.807) is 45.0 Å². The molecule has 0 radical (unpaired) electrons. The third-order valence-electron chi connectivity index (χ3n) is 7.49. The Bertz CT molecular complexity index is 1820. The molecule has 14 N–H and O–H groups in total. The summed E-state index contributed by atoms with van der Waals surface area (Å²) in [7, 11) is 0. The third kappa shape index (κ3) is 18.9. The maximum atomic E-state index is 13.8. The van der Waals surface area contributed by atoms with Crippen LogP contribution in [-0.2, 0) is 19.2 Å². The van der Waals surface area contributed by atoms with E-state index in [9.17, 15) is 19.2 Å². The summed E-state index contributed by atoms with van der Waals surface area (Å²) >= 11 is 9.76. The van der Waals surface area contributed by atoms with Crippen LogP contribution in [0, 0.1) is 5.92 Å². The molecule has 2 aromatic rings. The van der Waals surface area contributed by atoms with Crippen molar-refractivity contribution in [3.05, 3.63) is 45.0 Å². The van der Waals surface area contributed by atoms with Gasteiger partial charge in [0.05, 0.1) is 44.3 Å². The van der Waals surface area contributed by atoms with Crippen LogP contribution in [0.4, 0.5) is 22.7 Å². The number of unbranched alkanes of at least 4 members (excludes halogenated alkanes) is 2. The number of amides is 4. The third-order valence-corrected chi connectivity index (χ3v) is 10.7. The van der Waals surface area contributed by atoms with E-state index in [-0.39, 0.29) is 36.3 Å². The summed E-state index contributed by atoms with van der Waals surface area (Å²) in [5.74, 6) is -0.677. The lowest BCUT2D eigenvalue weighted by Gasteiger charge is -2.18. The number of anilines is 4. The molecule has 16 nitrogen and oxygen atoms in total. The van der Waals surface area contributed by atoms with Gasteiger partial charge in [0.1, 0.15) is 5.70 Å². The largest absolute Gasteiger partial charge is 0.388 e. The fourth-order valence-electron chi connectivity index (χ4n) is 4.94. The highest BCUT2D eigenvalue weighted by Gasteiger charge is 2.22. The molecule has 0 aromatic heterocycles. The molecular weight excluding hydrogens is 900 g/mol. The molecule has 0 fully saturated rings. The molecule has 4 amide bonds. The summed E-state index contributed by atoms with van der Waals surface area (Å²) in [4.78, 5) is 66.9. The zero-order valence-corrected chi connectivity index (χ0v) is 37.3. The quantitative estimate of drug-likeness (QED) is 0.0212. The number of thioether (sulfide) groups is 2. The van der Waals surface area contributed by atoms with Gasteiger partial charge in [-0.2, -0.15) is 0 Å². The number of carbonyl (C=O) groups excluding carboxylic acids is 4. The van der Waals surface area contributed by atoms with Crippen LogP contribution >= 0.6 is 55.4 Å².